The highest BCUT2D eigenvalue weighted by molar-refractivity contribution is 5.94. The van der Waals surface area contributed by atoms with Crippen LogP contribution in [0.5, 0.6) is 0 Å². The van der Waals surface area contributed by atoms with Crippen LogP contribution >= 0.6 is 0 Å². The smallest absolute Gasteiger partial charge is 0.318 e. The molecule has 3 heterocycles. The van der Waals surface area contributed by atoms with E-state index < -0.39 is 0 Å². The van der Waals surface area contributed by atoms with E-state index in [4.69, 9.17) is 4.74 Å². The third-order valence-corrected chi connectivity index (χ3v) is 6.03. The largest absolute Gasteiger partial charge is 0.378 e. The number of aromatic nitrogens is 3. The van der Waals surface area contributed by atoms with E-state index >= 15 is 0 Å². The number of carbonyl (C=O) groups excluding carboxylic acids is 2. The molecular formula is C24H26N6O3. The molecule has 3 aromatic rings. The summed E-state index contributed by atoms with van der Waals surface area (Å²) < 4.78 is 7.16. The lowest BCUT2D eigenvalue weighted by Gasteiger charge is -2.27. The van der Waals surface area contributed by atoms with E-state index in [1.165, 1.54) is 0 Å². The molecule has 0 spiro atoms. The van der Waals surface area contributed by atoms with E-state index in [2.05, 4.69) is 15.6 Å². The minimum atomic E-state index is -0.136. The quantitative estimate of drug-likeness (QED) is 0.662. The third-order valence-electron chi connectivity index (χ3n) is 6.03. The number of amides is 3. The van der Waals surface area contributed by atoms with Gasteiger partial charge < -0.3 is 19.9 Å². The molecule has 2 aliphatic rings. The Balaban J connectivity index is 1.16. The Morgan fingerprint density at radius 1 is 0.939 bits per heavy atom. The number of urea groups is 1. The zero-order chi connectivity index (χ0) is 22.6. The molecule has 0 saturated carbocycles. The lowest BCUT2D eigenvalue weighted by Crippen LogP contribution is -2.42. The van der Waals surface area contributed by atoms with Crippen LogP contribution in [-0.2, 0) is 24.2 Å². The number of ether oxygens (including phenoxy) is 1. The molecule has 170 valence electrons. The molecule has 0 aliphatic carbocycles. The second kappa shape index (κ2) is 9.41. The number of rotatable bonds is 4. The third kappa shape index (κ3) is 4.58. The molecule has 1 fully saturated rings. The fraction of sp³-hybridized carbons (Fsp3) is 0.333. The van der Waals surface area contributed by atoms with Gasteiger partial charge in [0.25, 0.3) is 5.91 Å². The first-order chi connectivity index (χ1) is 16.2. The van der Waals surface area contributed by atoms with Gasteiger partial charge in [-0.2, -0.15) is 0 Å². The second-order valence-corrected chi connectivity index (χ2v) is 8.16. The van der Waals surface area contributed by atoms with Crippen molar-refractivity contribution in [3.63, 3.8) is 0 Å². The molecule has 5 rings (SSSR count). The molecule has 1 N–H and O–H groups in total. The summed E-state index contributed by atoms with van der Waals surface area (Å²) in [6.45, 7) is 3.82. The lowest BCUT2D eigenvalue weighted by atomic mass is 10.1. The van der Waals surface area contributed by atoms with Crippen LogP contribution in [0.2, 0.25) is 0 Å². The van der Waals surface area contributed by atoms with Crippen LogP contribution in [0.3, 0.4) is 0 Å². The SMILES string of the molecule is O=C(NCc1ccc(C(=O)N2CCOCC2)cc1)N1CCc2c(nnn2-c2ccccc2)C1. The summed E-state index contributed by atoms with van der Waals surface area (Å²) in [4.78, 5) is 28.8. The van der Waals surface area contributed by atoms with Gasteiger partial charge in [0.1, 0.15) is 5.69 Å². The molecule has 0 unspecified atom stereocenters. The molecule has 0 atom stereocenters. The molecule has 9 nitrogen and oxygen atoms in total. The van der Waals surface area contributed by atoms with Crippen molar-refractivity contribution in [3.8, 4) is 5.69 Å². The molecule has 0 bridgehead atoms. The van der Waals surface area contributed by atoms with E-state index in [-0.39, 0.29) is 11.9 Å². The van der Waals surface area contributed by atoms with Crippen LogP contribution in [0, 0.1) is 0 Å². The van der Waals surface area contributed by atoms with Crippen LogP contribution in [0.4, 0.5) is 4.79 Å². The van der Waals surface area contributed by atoms with E-state index in [9.17, 15) is 9.59 Å². The normalized spacial score (nSPS) is 15.8. The number of fused-ring (bicyclic) bond motifs is 1. The second-order valence-electron chi connectivity index (χ2n) is 8.16. The first-order valence-electron chi connectivity index (χ1n) is 11.2. The predicted octanol–water partition coefficient (Wildman–Crippen LogP) is 2.01. The summed E-state index contributed by atoms with van der Waals surface area (Å²) in [6, 6.07) is 17.2. The Bertz CT molecular complexity index is 1120. The summed E-state index contributed by atoms with van der Waals surface area (Å²) in [5.41, 5.74) is 4.43. The monoisotopic (exact) mass is 446 g/mol. The van der Waals surface area contributed by atoms with Crippen molar-refractivity contribution in [2.75, 3.05) is 32.8 Å². The first-order valence-corrected chi connectivity index (χ1v) is 11.2. The summed E-state index contributed by atoms with van der Waals surface area (Å²) in [5.74, 6) is 0.0153. The number of hydrogen-bond donors (Lipinski definition) is 1. The van der Waals surface area contributed by atoms with E-state index in [0.717, 1.165) is 22.6 Å². The van der Waals surface area contributed by atoms with Crippen molar-refractivity contribution in [1.82, 2.24) is 30.1 Å². The van der Waals surface area contributed by atoms with Crippen molar-refractivity contribution in [3.05, 3.63) is 77.1 Å². The van der Waals surface area contributed by atoms with E-state index in [0.29, 0.717) is 57.9 Å². The Morgan fingerprint density at radius 2 is 1.70 bits per heavy atom. The van der Waals surface area contributed by atoms with Crippen LogP contribution in [-0.4, -0.2) is 69.6 Å². The van der Waals surface area contributed by atoms with Crippen molar-refractivity contribution < 1.29 is 14.3 Å². The number of para-hydroxylation sites is 1. The summed E-state index contributed by atoms with van der Waals surface area (Å²) >= 11 is 0. The van der Waals surface area contributed by atoms with Gasteiger partial charge in [-0.05, 0) is 29.8 Å². The van der Waals surface area contributed by atoms with Crippen molar-refractivity contribution >= 4 is 11.9 Å². The molecular weight excluding hydrogens is 420 g/mol. The highest BCUT2D eigenvalue weighted by atomic mass is 16.5. The van der Waals surface area contributed by atoms with Crippen molar-refractivity contribution in [1.29, 1.82) is 0 Å². The Morgan fingerprint density at radius 3 is 2.45 bits per heavy atom. The van der Waals surface area contributed by atoms with Gasteiger partial charge in [-0.1, -0.05) is 35.5 Å². The highest BCUT2D eigenvalue weighted by Gasteiger charge is 2.26. The van der Waals surface area contributed by atoms with Gasteiger partial charge in [0.2, 0.25) is 0 Å². The van der Waals surface area contributed by atoms with Crippen molar-refractivity contribution in [2.24, 2.45) is 0 Å². The zero-order valence-corrected chi connectivity index (χ0v) is 18.3. The molecule has 1 saturated heterocycles. The molecule has 33 heavy (non-hydrogen) atoms. The lowest BCUT2D eigenvalue weighted by molar-refractivity contribution is 0.0303. The van der Waals surface area contributed by atoms with Gasteiger partial charge in [0.15, 0.2) is 0 Å². The van der Waals surface area contributed by atoms with Gasteiger partial charge in [0, 0.05) is 38.2 Å². The summed E-state index contributed by atoms with van der Waals surface area (Å²) in [6.07, 6.45) is 0.697. The molecule has 1 aromatic heterocycles. The van der Waals surface area contributed by atoms with Crippen molar-refractivity contribution in [2.45, 2.75) is 19.5 Å². The molecule has 0 radical (unpaired) electrons. The number of carbonyl (C=O) groups is 2. The Labute approximate surface area is 191 Å². The first kappa shape index (κ1) is 21.1. The van der Waals surface area contributed by atoms with Gasteiger partial charge in [-0.3, -0.25) is 4.79 Å². The minimum Gasteiger partial charge on any atom is -0.378 e. The Kier molecular flexibility index (Phi) is 6.03. The topological polar surface area (TPSA) is 92.6 Å². The molecule has 9 heteroatoms. The maximum Gasteiger partial charge on any atom is 0.318 e. The van der Waals surface area contributed by atoms with Gasteiger partial charge >= 0.3 is 6.03 Å². The minimum absolute atomic E-state index is 0.0153. The average molecular weight is 447 g/mol. The van der Waals surface area contributed by atoms with Gasteiger partial charge in [0.05, 0.1) is 31.1 Å². The van der Waals surface area contributed by atoms with E-state index in [1.807, 2.05) is 59.3 Å². The molecule has 2 aliphatic heterocycles. The maximum atomic E-state index is 12.7. The highest BCUT2D eigenvalue weighted by Crippen LogP contribution is 2.20. The number of hydrogen-bond acceptors (Lipinski definition) is 5. The van der Waals surface area contributed by atoms with Crippen LogP contribution in [0.15, 0.2) is 54.6 Å². The van der Waals surface area contributed by atoms with Gasteiger partial charge in [-0.25, -0.2) is 9.48 Å². The zero-order valence-electron chi connectivity index (χ0n) is 18.3. The number of nitrogens with one attached hydrogen (secondary N) is 1. The number of benzene rings is 2. The Hall–Kier alpha value is -3.72. The van der Waals surface area contributed by atoms with E-state index in [1.54, 1.807) is 9.80 Å². The fourth-order valence-corrected chi connectivity index (χ4v) is 4.16. The van der Waals surface area contributed by atoms with Crippen LogP contribution in [0.25, 0.3) is 5.69 Å². The predicted molar refractivity (Wildman–Crippen MR) is 121 cm³/mol. The fourth-order valence-electron chi connectivity index (χ4n) is 4.16. The van der Waals surface area contributed by atoms with Gasteiger partial charge in [-0.15, -0.1) is 5.10 Å². The molecule has 3 amide bonds. The average Bonchev–Trinajstić information content (AvgIpc) is 3.31. The summed E-state index contributed by atoms with van der Waals surface area (Å²) in [5, 5.41) is 11.5. The standard InChI is InChI=1S/C24H26N6O3/c31-23(28-12-14-33-15-13-28)19-8-6-18(7-9-19)16-25-24(32)29-11-10-22-21(17-29)26-27-30(22)20-4-2-1-3-5-20/h1-9H,10-17H2,(H,25,32). The number of morpholine rings is 1. The van der Waals surface area contributed by atoms with Crippen LogP contribution in [0.1, 0.15) is 27.3 Å². The summed E-state index contributed by atoms with van der Waals surface area (Å²) in [7, 11) is 0. The number of nitrogens with zero attached hydrogens (tertiary/aromatic N) is 5. The molecule has 2 aromatic carbocycles. The van der Waals surface area contributed by atoms with Crippen LogP contribution < -0.4 is 5.32 Å². The maximum absolute atomic E-state index is 12.7.